The van der Waals surface area contributed by atoms with Crippen LogP contribution in [0.3, 0.4) is 0 Å². The molecule has 2 N–H and O–H groups in total. The minimum atomic E-state index is -0.0328. The van der Waals surface area contributed by atoms with Crippen molar-refractivity contribution in [1.29, 1.82) is 5.26 Å². The van der Waals surface area contributed by atoms with Crippen molar-refractivity contribution >= 4 is 11.6 Å². The molecule has 1 aliphatic heterocycles. The molecular weight excluding hydrogens is 254 g/mol. The molecule has 0 spiro atoms. The average molecular weight is 273 g/mol. The molecule has 1 aromatic carbocycles. The van der Waals surface area contributed by atoms with Gasteiger partial charge in [0.25, 0.3) is 0 Å². The molecule has 1 atom stereocenters. The minimum Gasteiger partial charge on any atom is -0.377 e. The van der Waals surface area contributed by atoms with E-state index in [1.54, 1.807) is 24.3 Å². The maximum absolute atomic E-state index is 11.7. The molecule has 1 heterocycles. The van der Waals surface area contributed by atoms with Crippen molar-refractivity contribution in [2.45, 2.75) is 25.4 Å². The lowest BCUT2D eigenvalue weighted by Crippen LogP contribution is -2.29. The Morgan fingerprint density at radius 2 is 2.20 bits per heavy atom. The third kappa shape index (κ3) is 4.65. The van der Waals surface area contributed by atoms with Gasteiger partial charge in [-0.1, -0.05) is 0 Å². The summed E-state index contributed by atoms with van der Waals surface area (Å²) in [7, 11) is 0. The fourth-order valence-corrected chi connectivity index (χ4v) is 2.12. The first-order chi connectivity index (χ1) is 9.78. The summed E-state index contributed by atoms with van der Waals surface area (Å²) in [6.07, 6.45) is 2.96. The van der Waals surface area contributed by atoms with Crippen LogP contribution in [0.4, 0.5) is 5.69 Å². The highest BCUT2D eigenvalue weighted by molar-refractivity contribution is 5.90. The summed E-state index contributed by atoms with van der Waals surface area (Å²) < 4.78 is 5.49. The van der Waals surface area contributed by atoms with Crippen molar-refractivity contribution in [2.75, 3.05) is 25.0 Å². The highest BCUT2D eigenvalue weighted by Gasteiger charge is 2.14. The van der Waals surface area contributed by atoms with E-state index in [2.05, 4.69) is 10.6 Å². The van der Waals surface area contributed by atoms with Gasteiger partial charge in [0, 0.05) is 31.8 Å². The second kappa shape index (κ2) is 7.63. The Balaban J connectivity index is 1.63. The molecule has 2 rings (SSSR count). The van der Waals surface area contributed by atoms with E-state index in [1.807, 2.05) is 6.07 Å². The van der Waals surface area contributed by atoms with E-state index in [9.17, 15) is 4.79 Å². The number of anilines is 1. The molecule has 0 bridgehead atoms. The number of nitriles is 1. The number of ether oxygens (including phenoxy) is 1. The van der Waals surface area contributed by atoms with Crippen LogP contribution in [0.2, 0.25) is 0 Å². The first-order valence-electron chi connectivity index (χ1n) is 6.90. The molecule has 0 aromatic heterocycles. The quantitative estimate of drug-likeness (QED) is 0.773. The van der Waals surface area contributed by atoms with E-state index in [1.165, 1.54) is 0 Å². The summed E-state index contributed by atoms with van der Waals surface area (Å²) >= 11 is 0. The predicted octanol–water partition coefficient (Wildman–Crippen LogP) is 1.66. The Labute approximate surface area is 118 Å². The van der Waals surface area contributed by atoms with Crippen LogP contribution in [0.25, 0.3) is 0 Å². The summed E-state index contributed by atoms with van der Waals surface area (Å²) in [6, 6.07) is 8.88. The molecule has 1 aromatic rings. The SMILES string of the molecule is N#Cc1ccc(NC(=O)CCNCC2CCCO2)cc1. The Bertz CT molecular complexity index is 473. The van der Waals surface area contributed by atoms with Gasteiger partial charge < -0.3 is 15.4 Å². The van der Waals surface area contributed by atoms with Gasteiger partial charge in [0.1, 0.15) is 0 Å². The van der Waals surface area contributed by atoms with Gasteiger partial charge in [0.05, 0.1) is 17.7 Å². The monoisotopic (exact) mass is 273 g/mol. The predicted molar refractivity (Wildman–Crippen MR) is 76.2 cm³/mol. The van der Waals surface area contributed by atoms with E-state index in [0.717, 1.165) is 26.0 Å². The first kappa shape index (κ1) is 14.5. The van der Waals surface area contributed by atoms with Crippen LogP contribution in [-0.4, -0.2) is 31.7 Å². The van der Waals surface area contributed by atoms with Gasteiger partial charge in [-0.05, 0) is 37.1 Å². The number of hydrogen-bond donors (Lipinski definition) is 2. The summed E-state index contributed by atoms with van der Waals surface area (Å²) in [6.45, 7) is 2.30. The maximum atomic E-state index is 11.7. The zero-order valence-corrected chi connectivity index (χ0v) is 11.4. The Hall–Kier alpha value is -1.90. The van der Waals surface area contributed by atoms with Gasteiger partial charge in [0.15, 0.2) is 0 Å². The summed E-state index contributed by atoms with van der Waals surface area (Å²) in [5, 5.41) is 14.7. The van der Waals surface area contributed by atoms with Crippen molar-refractivity contribution in [3.63, 3.8) is 0 Å². The van der Waals surface area contributed by atoms with Crippen LogP contribution in [0.1, 0.15) is 24.8 Å². The van der Waals surface area contributed by atoms with Gasteiger partial charge in [0.2, 0.25) is 5.91 Å². The van der Waals surface area contributed by atoms with Crippen molar-refractivity contribution < 1.29 is 9.53 Å². The Kier molecular flexibility index (Phi) is 5.54. The van der Waals surface area contributed by atoms with Gasteiger partial charge in [-0.25, -0.2) is 0 Å². The fraction of sp³-hybridized carbons (Fsp3) is 0.467. The normalized spacial score (nSPS) is 17.6. The van der Waals surface area contributed by atoms with E-state index in [-0.39, 0.29) is 5.91 Å². The second-order valence-corrected chi connectivity index (χ2v) is 4.83. The fourth-order valence-electron chi connectivity index (χ4n) is 2.12. The van der Waals surface area contributed by atoms with Crippen LogP contribution in [0.5, 0.6) is 0 Å². The molecule has 5 heteroatoms. The lowest BCUT2D eigenvalue weighted by molar-refractivity contribution is -0.116. The number of rotatable bonds is 6. The zero-order valence-electron chi connectivity index (χ0n) is 11.4. The minimum absolute atomic E-state index is 0.0328. The number of carbonyl (C=O) groups excluding carboxylic acids is 1. The molecule has 1 aliphatic rings. The Morgan fingerprint density at radius 3 is 2.85 bits per heavy atom. The lowest BCUT2D eigenvalue weighted by atomic mass is 10.2. The molecule has 1 saturated heterocycles. The maximum Gasteiger partial charge on any atom is 0.225 e. The highest BCUT2D eigenvalue weighted by Crippen LogP contribution is 2.11. The standard InChI is InChI=1S/C15H19N3O2/c16-10-12-3-5-13(6-4-12)18-15(19)7-8-17-11-14-2-1-9-20-14/h3-6,14,17H,1-2,7-9,11H2,(H,18,19). The zero-order chi connectivity index (χ0) is 14.2. The smallest absolute Gasteiger partial charge is 0.225 e. The molecule has 1 unspecified atom stereocenters. The van der Waals surface area contributed by atoms with E-state index in [4.69, 9.17) is 10.00 Å². The van der Waals surface area contributed by atoms with Crippen LogP contribution < -0.4 is 10.6 Å². The lowest BCUT2D eigenvalue weighted by Gasteiger charge is -2.10. The molecule has 1 fully saturated rings. The molecular formula is C15H19N3O2. The third-order valence-corrected chi connectivity index (χ3v) is 3.22. The molecule has 106 valence electrons. The second-order valence-electron chi connectivity index (χ2n) is 4.83. The van der Waals surface area contributed by atoms with Crippen molar-refractivity contribution in [1.82, 2.24) is 5.32 Å². The van der Waals surface area contributed by atoms with Gasteiger partial charge in [-0.15, -0.1) is 0 Å². The number of benzene rings is 1. The van der Waals surface area contributed by atoms with Crippen LogP contribution >= 0.6 is 0 Å². The van der Waals surface area contributed by atoms with Gasteiger partial charge >= 0.3 is 0 Å². The van der Waals surface area contributed by atoms with E-state index in [0.29, 0.717) is 30.3 Å². The molecule has 20 heavy (non-hydrogen) atoms. The van der Waals surface area contributed by atoms with E-state index >= 15 is 0 Å². The molecule has 0 aliphatic carbocycles. The number of carbonyl (C=O) groups is 1. The van der Waals surface area contributed by atoms with Crippen LogP contribution in [-0.2, 0) is 9.53 Å². The van der Waals surface area contributed by atoms with Crippen molar-refractivity contribution in [3.05, 3.63) is 29.8 Å². The van der Waals surface area contributed by atoms with Gasteiger partial charge in [-0.3, -0.25) is 4.79 Å². The molecule has 1 amide bonds. The van der Waals surface area contributed by atoms with Gasteiger partial charge in [-0.2, -0.15) is 5.26 Å². The van der Waals surface area contributed by atoms with Crippen molar-refractivity contribution in [2.24, 2.45) is 0 Å². The molecule has 0 saturated carbocycles. The summed E-state index contributed by atoms with van der Waals surface area (Å²) in [5.74, 6) is -0.0328. The van der Waals surface area contributed by atoms with E-state index < -0.39 is 0 Å². The molecule has 5 nitrogen and oxygen atoms in total. The number of nitrogens with zero attached hydrogens (tertiary/aromatic N) is 1. The largest absolute Gasteiger partial charge is 0.377 e. The van der Waals surface area contributed by atoms with Crippen molar-refractivity contribution in [3.8, 4) is 6.07 Å². The van der Waals surface area contributed by atoms with Crippen LogP contribution in [0, 0.1) is 11.3 Å². The third-order valence-electron chi connectivity index (χ3n) is 3.22. The van der Waals surface area contributed by atoms with Crippen LogP contribution in [0.15, 0.2) is 24.3 Å². The molecule has 0 radical (unpaired) electrons. The average Bonchev–Trinajstić information content (AvgIpc) is 2.98. The highest BCUT2D eigenvalue weighted by atomic mass is 16.5. The first-order valence-corrected chi connectivity index (χ1v) is 6.90. The summed E-state index contributed by atoms with van der Waals surface area (Å²) in [5.41, 5.74) is 1.30. The number of nitrogens with one attached hydrogen (secondary N) is 2. The topological polar surface area (TPSA) is 74.2 Å². The number of amides is 1. The Morgan fingerprint density at radius 1 is 1.40 bits per heavy atom. The summed E-state index contributed by atoms with van der Waals surface area (Å²) in [4.78, 5) is 11.7. The number of hydrogen-bond acceptors (Lipinski definition) is 4.